The van der Waals surface area contributed by atoms with Gasteiger partial charge in [0.2, 0.25) is 0 Å². The Morgan fingerprint density at radius 2 is 1.85 bits per heavy atom. The molecule has 0 atom stereocenters. The number of fused-ring (bicyclic) bond motifs is 2. The van der Waals surface area contributed by atoms with Crippen molar-refractivity contribution in [2.45, 2.75) is 19.5 Å². The maximum Gasteiger partial charge on any atom is 0.155 e. The lowest BCUT2D eigenvalue weighted by atomic mass is 9.98. The van der Waals surface area contributed by atoms with Gasteiger partial charge < -0.3 is 0 Å². The maximum absolute atomic E-state index is 4.61. The molecule has 0 bridgehead atoms. The van der Waals surface area contributed by atoms with E-state index >= 15 is 0 Å². The molecule has 0 saturated carbocycles. The molecule has 0 unspecified atom stereocenters. The lowest BCUT2D eigenvalue weighted by Crippen LogP contribution is -2.20. The number of aromatic nitrogens is 4. The van der Waals surface area contributed by atoms with Gasteiger partial charge in [0, 0.05) is 44.6 Å². The lowest BCUT2D eigenvalue weighted by Gasteiger charge is -2.13. The van der Waals surface area contributed by atoms with E-state index in [-0.39, 0.29) is 0 Å². The van der Waals surface area contributed by atoms with E-state index < -0.39 is 0 Å². The Labute approximate surface area is 152 Å². The van der Waals surface area contributed by atoms with Gasteiger partial charge in [-0.15, -0.1) is 0 Å². The molecule has 1 aliphatic rings. The van der Waals surface area contributed by atoms with Crippen LogP contribution in [0, 0.1) is 0 Å². The van der Waals surface area contributed by atoms with Crippen molar-refractivity contribution in [3.05, 3.63) is 84.1 Å². The molecule has 0 amide bonds. The summed E-state index contributed by atoms with van der Waals surface area (Å²) in [7, 11) is 0. The van der Waals surface area contributed by atoms with E-state index in [9.17, 15) is 0 Å². The standard InChI is InChI=1S/C21H19N5/c1-2-12-26-21(6-1)23-20(24-26)9-13-25-14-17-4-3-5-18(19(17)15-25)16-7-10-22-11-8-16/h1-8,10-12H,9,13-15H2. The highest BCUT2D eigenvalue weighted by molar-refractivity contribution is 5.69. The lowest BCUT2D eigenvalue weighted by molar-refractivity contribution is 0.286. The van der Waals surface area contributed by atoms with Gasteiger partial charge in [-0.25, -0.2) is 9.50 Å². The smallest absolute Gasteiger partial charge is 0.155 e. The Morgan fingerprint density at radius 1 is 0.923 bits per heavy atom. The molecule has 5 nitrogen and oxygen atoms in total. The quantitative estimate of drug-likeness (QED) is 0.571. The Bertz CT molecular complexity index is 1020. The molecule has 0 N–H and O–H groups in total. The van der Waals surface area contributed by atoms with E-state index in [0.717, 1.165) is 37.5 Å². The zero-order valence-corrected chi connectivity index (χ0v) is 14.4. The van der Waals surface area contributed by atoms with Crippen LogP contribution < -0.4 is 0 Å². The van der Waals surface area contributed by atoms with Crippen molar-refractivity contribution in [2.75, 3.05) is 6.54 Å². The summed E-state index contributed by atoms with van der Waals surface area (Å²) >= 11 is 0. The second-order valence-electron chi connectivity index (χ2n) is 6.67. The number of hydrogen-bond donors (Lipinski definition) is 0. The van der Waals surface area contributed by atoms with Crippen LogP contribution in [-0.4, -0.2) is 31.0 Å². The highest BCUT2D eigenvalue weighted by Gasteiger charge is 2.22. The Balaban J connectivity index is 1.33. The van der Waals surface area contributed by atoms with Gasteiger partial charge in [-0.2, -0.15) is 5.10 Å². The van der Waals surface area contributed by atoms with Crippen molar-refractivity contribution in [1.29, 1.82) is 0 Å². The zero-order chi connectivity index (χ0) is 17.3. The number of benzene rings is 1. The average molecular weight is 341 g/mol. The van der Waals surface area contributed by atoms with Gasteiger partial charge in [0.05, 0.1) is 0 Å². The van der Waals surface area contributed by atoms with E-state index in [1.165, 1.54) is 22.3 Å². The topological polar surface area (TPSA) is 46.3 Å². The second kappa shape index (κ2) is 6.35. The van der Waals surface area contributed by atoms with Crippen LogP contribution in [0.2, 0.25) is 0 Å². The van der Waals surface area contributed by atoms with Crippen LogP contribution in [0.15, 0.2) is 67.1 Å². The minimum absolute atomic E-state index is 0.861. The SMILES string of the molecule is c1cc2c(c(-c3ccncc3)c1)CN(CCc1nc3ccccn3n1)C2. The summed E-state index contributed by atoms with van der Waals surface area (Å²) in [5, 5.41) is 4.56. The molecule has 0 saturated heterocycles. The van der Waals surface area contributed by atoms with Crippen LogP contribution >= 0.6 is 0 Å². The van der Waals surface area contributed by atoms with Crippen molar-refractivity contribution >= 4 is 5.65 Å². The fourth-order valence-electron chi connectivity index (χ4n) is 3.69. The van der Waals surface area contributed by atoms with Crippen molar-refractivity contribution in [3.63, 3.8) is 0 Å². The molecule has 0 fully saturated rings. The highest BCUT2D eigenvalue weighted by Crippen LogP contribution is 2.32. The van der Waals surface area contributed by atoms with E-state index in [2.05, 4.69) is 50.3 Å². The number of pyridine rings is 2. The van der Waals surface area contributed by atoms with Gasteiger partial charge in [0.15, 0.2) is 11.5 Å². The molecule has 0 aliphatic carbocycles. The van der Waals surface area contributed by atoms with Crippen LogP contribution in [-0.2, 0) is 19.5 Å². The molecule has 5 rings (SSSR count). The van der Waals surface area contributed by atoms with Crippen molar-refractivity contribution < 1.29 is 0 Å². The molecule has 128 valence electrons. The van der Waals surface area contributed by atoms with Crippen molar-refractivity contribution in [2.24, 2.45) is 0 Å². The van der Waals surface area contributed by atoms with Crippen LogP contribution in [0.25, 0.3) is 16.8 Å². The van der Waals surface area contributed by atoms with Crippen LogP contribution in [0.4, 0.5) is 0 Å². The predicted molar refractivity (Wildman–Crippen MR) is 100 cm³/mol. The zero-order valence-electron chi connectivity index (χ0n) is 14.4. The largest absolute Gasteiger partial charge is 0.294 e. The van der Waals surface area contributed by atoms with E-state index in [1.807, 2.05) is 41.3 Å². The first-order valence-corrected chi connectivity index (χ1v) is 8.91. The van der Waals surface area contributed by atoms with Crippen LogP contribution in [0.1, 0.15) is 17.0 Å². The first kappa shape index (κ1) is 15.2. The van der Waals surface area contributed by atoms with Crippen molar-refractivity contribution in [3.8, 4) is 11.1 Å². The number of hydrogen-bond acceptors (Lipinski definition) is 4. The van der Waals surface area contributed by atoms with Crippen LogP contribution in [0.5, 0.6) is 0 Å². The summed E-state index contributed by atoms with van der Waals surface area (Å²) in [6.07, 6.45) is 6.52. The third-order valence-electron chi connectivity index (χ3n) is 4.98. The van der Waals surface area contributed by atoms with E-state index in [1.54, 1.807) is 0 Å². The summed E-state index contributed by atoms with van der Waals surface area (Å²) in [5.41, 5.74) is 6.31. The highest BCUT2D eigenvalue weighted by atomic mass is 15.3. The summed E-state index contributed by atoms with van der Waals surface area (Å²) in [6.45, 7) is 2.92. The first-order chi connectivity index (χ1) is 12.9. The molecule has 1 aromatic carbocycles. The van der Waals surface area contributed by atoms with Crippen LogP contribution in [0.3, 0.4) is 0 Å². The van der Waals surface area contributed by atoms with Gasteiger partial charge >= 0.3 is 0 Å². The molecule has 3 aromatic heterocycles. The molecule has 4 heterocycles. The summed E-state index contributed by atoms with van der Waals surface area (Å²) < 4.78 is 1.84. The minimum Gasteiger partial charge on any atom is -0.294 e. The molecular formula is C21H19N5. The summed E-state index contributed by atoms with van der Waals surface area (Å²) in [4.78, 5) is 11.2. The van der Waals surface area contributed by atoms with Gasteiger partial charge in [0.25, 0.3) is 0 Å². The summed E-state index contributed by atoms with van der Waals surface area (Å²) in [6, 6.07) is 16.7. The van der Waals surface area contributed by atoms with Gasteiger partial charge in [0.1, 0.15) is 0 Å². The summed E-state index contributed by atoms with van der Waals surface area (Å²) in [5.74, 6) is 0.904. The van der Waals surface area contributed by atoms with Gasteiger partial charge in [-0.1, -0.05) is 24.3 Å². The third kappa shape index (κ3) is 2.76. The normalized spacial score (nSPS) is 14.0. The molecule has 0 spiro atoms. The fourth-order valence-corrected chi connectivity index (χ4v) is 3.69. The van der Waals surface area contributed by atoms with Crippen molar-refractivity contribution in [1.82, 2.24) is 24.5 Å². The first-order valence-electron chi connectivity index (χ1n) is 8.91. The number of nitrogens with zero attached hydrogens (tertiary/aromatic N) is 5. The fraction of sp³-hybridized carbons (Fsp3) is 0.190. The Kier molecular flexibility index (Phi) is 3.72. The maximum atomic E-state index is 4.61. The molecule has 1 aliphatic heterocycles. The molecule has 5 heteroatoms. The van der Waals surface area contributed by atoms with Gasteiger partial charge in [-0.3, -0.25) is 9.88 Å². The number of rotatable bonds is 4. The van der Waals surface area contributed by atoms with E-state index in [0.29, 0.717) is 0 Å². The Morgan fingerprint density at radius 3 is 2.73 bits per heavy atom. The second-order valence-corrected chi connectivity index (χ2v) is 6.67. The molecule has 26 heavy (non-hydrogen) atoms. The minimum atomic E-state index is 0.861. The average Bonchev–Trinajstić information content (AvgIpc) is 3.30. The van der Waals surface area contributed by atoms with Gasteiger partial charge in [-0.05, 0) is 46.5 Å². The third-order valence-corrected chi connectivity index (χ3v) is 4.98. The monoisotopic (exact) mass is 341 g/mol. The molecular weight excluding hydrogens is 322 g/mol. The predicted octanol–water partition coefficient (Wildman–Crippen LogP) is 3.35. The molecule has 4 aromatic rings. The Hall–Kier alpha value is -3.05. The van der Waals surface area contributed by atoms with E-state index in [4.69, 9.17) is 0 Å². The molecule has 0 radical (unpaired) electrons.